The Morgan fingerprint density at radius 3 is 2.83 bits per heavy atom. The van der Waals surface area contributed by atoms with E-state index in [1.165, 1.54) is 7.11 Å². The molecule has 1 aliphatic carbocycles. The first-order chi connectivity index (χ1) is 11.0. The molecule has 1 aromatic rings. The Hall–Kier alpha value is -2.01. The van der Waals surface area contributed by atoms with Gasteiger partial charge in [0.1, 0.15) is 5.75 Å². The summed E-state index contributed by atoms with van der Waals surface area (Å²) in [6.45, 7) is 1.54. The monoisotopic (exact) mass is 337 g/mol. The topological polar surface area (TPSA) is 64.6 Å². The molecule has 0 aliphatic heterocycles. The Labute approximate surface area is 140 Å². The maximum Gasteiger partial charge on any atom is 0.307 e. The zero-order valence-electron chi connectivity index (χ0n) is 13.2. The Bertz CT molecular complexity index is 615. The van der Waals surface area contributed by atoms with Crippen LogP contribution in [0.4, 0.5) is 5.69 Å². The van der Waals surface area contributed by atoms with E-state index in [9.17, 15) is 9.59 Å². The van der Waals surface area contributed by atoms with Crippen molar-refractivity contribution in [3.05, 3.63) is 35.4 Å². The zero-order chi connectivity index (χ0) is 16.8. The molecule has 124 valence electrons. The highest BCUT2D eigenvalue weighted by Crippen LogP contribution is 2.27. The molecule has 1 aromatic carbocycles. The molecular weight excluding hydrogens is 318 g/mol. The number of nitrogens with one attached hydrogen (secondary N) is 1. The maximum atomic E-state index is 12.1. The van der Waals surface area contributed by atoms with Gasteiger partial charge in [0.15, 0.2) is 6.10 Å². The van der Waals surface area contributed by atoms with E-state index >= 15 is 0 Å². The molecular formula is C17H20ClNO4. The van der Waals surface area contributed by atoms with Gasteiger partial charge in [-0.3, -0.25) is 9.59 Å². The van der Waals surface area contributed by atoms with Crippen molar-refractivity contribution in [1.29, 1.82) is 0 Å². The smallest absolute Gasteiger partial charge is 0.307 e. The molecule has 0 aromatic heterocycles. The van der Waals surface area contributed by atoms with Crippen LogP contribution in [0.2, 0.25) is 5.02 Å². The zero-order valence-corrected chi connectivity index (χ0v) is 13.9. The number of anilines is 1. The van der Waals surface area contributed by atoms with Crippen LogP contribution < -0.4 is 10.1 Å². The normalized spacial score (nSPS) is 17.6. The van der Waals surface area contributed by atoms with Crippen molar-refractivity contribution in [2.45, 2.75) is 32.3 Å². The standard InChI is InChI=1S/C17H20ClNO4/c1-11(23-16(20)9-12-5-3-4-6-12)17(21)19-13-7-8-15(22-2)14(18)10-13/h3,5,7-8,10-12H,4,6,9H2,1-2H3,(H,19,21)/t11-,12+/m1/s1. The molecule has 2 rings (SSSR count). The molecule has 5 nitrogen and oxygen atoms in total. The number of benzene rings is 1. The van der Waals surface area contributed by atoms with Crippen LogP contribution in [0, 0.1) is 5.92 Å². The van der Waals surface area contributed by atoms with E-state index in [1.807, 2.05) is 6.08 Å². The highest BCUT2D eigenvalue weighted by Gasteiger charge is 2.21. The summed E-state index contributed by atoms with van der Waals surface area (Å²) in [7, 11) is 1.51. The van der Waals surface area contributed by atoms with Gasteiger partial charge in [-0.15, -0.1) is 0 Å². The minimum Gasteiger partial charge on any atom is -0.495 e. The summed E-state index contributed by atoms with van der Waals surface area (Å²) < 4.78 is 10.2. The summed E-state index contributed by atoms with van der Waals surface area (Å²) in [6.07, 6.45) is 5.47. The molecule has 2 atom stereocenters. The largest absolute Gasteiger partial charge is 0.495 e. The lowest BCUT2D eigenvalue weighted by Gasteiger charge is -2.15. The van der Waals surface area contributed by atoms with Gasteiger partial charge in [-0.05, 0) is 43.9 Å². The molecule has 0 saturated heterocycles. The third-order valence-corrected chi connectivity index (χ3v) is 3.93. The van der Waals surface area contributed by atoms with E-state index in [2.05, 4.69) is 11.4 Å². The van der Waals surface area contributed by atoms with Crippen molar-refractivity contribution in [1.82, 2.24) is 0 Å². The quantitative estimate of drug-likeness (QED) is 0.636. The minimum atomic E-state index is -0.867. The fraction of sp³-hybridized carbons (Fsp3) is 0.412. The molecule has 6 heteroatoms. The number of halogens is 1. The van der Waals surface area contributed by atoms with Gasteiger partial charge in [0.25, 0.3) is 5.91 Å². The fourth-order valence-electron chi connectivity index (χ4n) is 2.37. The summed E-state index contributed by atoms with van der Waals surface area (Å²) in [6, 6.07) is 4.90. The predicted molar refractivity (Wildman–Crippen MR) is 88.7 cm³/mol. The van der Waals surface area contributed by atoms with E-state index in [1.54, 1.807) is 25.1 Å². The molecule has 23 heavy (non-hydrogen) atoms. The third kappa shape index (κ3) is 4.99. The highest BCUT2D eigenvalue weighted by atomic mass is 35.5. The molecule has 0 spiro atoms. The molecule has 0 bridgehead atoms. The maximum absolute atomic E-state index is 12.1. The van der Waals surface area contributed by atoms with Crippen LogP contribution >= 0.6 is 11.6 Å². The SMILES string of the molecule is COc1ccc(NC(=O)[C@@H](C)OC(=O)C[C@H]2C=CCC2)cc1Cl. The number of esters is 1. The number of allylic oxidation sites excluding steroid dienone is 2. The van der Waals surface area contributed by atoms with Crippen LogP contribution in [0.1, 0.15) is 26.2 Å². The van der Waals surface area contributed by atoms with E-state index in [0.29, 0.717) is 22.9 Å². The number of amides is 1. The second kappa shape index (κ2) is 8.02. The van der Waals surface area contributed by atoms with Crippen molar-refractivity contribution >= 4 is 29.2 Å². The van der Waals surface area contributed by atoms with E-state index < -0.39 is 12.0 Å². The summed E-state index contributed by atoms with van der Waals surface area (Å²) in [5.41, 5.74) is 0.516. The van der Waals surface area contributed by atoms with Crippen molar-refractivity contribution < 1.29 is 19.1 Å². The summed E-state index contributed by atoms with van der Waals surface area (Å²) in [5.74, 6) is -0.0228. The van der Waals surface area contributed by atoms with Gasteiger partial charge in [-0.25, -0.2) is 0 Å². The van der Waals surface area contributed by atoms with Gasteiger partial charge in [0.2, 0.25) is 0 Å². The van der Waals surface area contributed by atoms with Crippen molar-refractivity contribution in [3.8, 4) is 5.75 Å². The molecule has 0 radical (unpaired) electrons. The van der Waals surface area contributed by atoms with Crippen LogP contribution in [-0.4, -0.2) is 25.1 Å². The molecule has 0 unspecified atom stereocenters. The average molecular weight is 338 g/mol. The van der Waals surface area contributed by atoms with Gasteiger partial charge in [-0.2, -0.15) is 0 Å². The van der Waals surface area contributed by atoms with Gasteiger partial charge >= 0.3 is 5.97 Å². The Morgan fingerprint density at radius 2 is 2.22 bits per heavy atom. The van der Waals surface area contributed by atoms with Crippen LogP contribution in [0.25, 0.3) is 0 Å². The average Bonchev–Trinajstić information content (AvgIpc) is 3.00. The number of carbonyl (C=O) groups is 2. The Morgan fingerprint density at radius 1 is 1.43 bits per heavy atom. The third-order valence-electron chi connectivity index (χ3n) is 3.64. The van der Waals surface area contributed by atoms with Crippen molar-refractivity contribution in [2.75, 3.05) is 12.4 Å². The molecule has 0 fully saturated rings. The van der Waals surface area contributed by atoms with Crippen molar-refractivity contribution in [3.63, 3.8) is 0 Å². The second-order valence-electron chi connectivity index (χ2n) is 5.44. The van der Waals surface area contributed by atoms with Gasteiger partial charge in [0, 0.05) is 5.69 Å². The number of carbonyl (C=O) groups excluding carboxylic acids is 2. The predicted octanol–water partition coefficient (Wildman–Crippen LogP) is 3.58. The summed E-state index contributed by atoms with van der Waals surface area (Å²) >= 11 is 6.00. The number of rotatable bonds is 6. The lowest BCUT2D eigenvalue weighted by molar-refractivity contribution is -0.153. The van der Waals surface area contributed by atoms with E-state index in [4.69, 9.17) is 21.1 Å². The number of methoxy groups -OCH3 is 1. The van der Waals surface area contributed by atoms with E-state index in [0.717, 1.165) is 12.8 Å². The van der Waals surface area contributed by atoms with Crippen molar-refractivity contribution in [2.24, 2.45) is 5.92 Å². The molecule has 1 N–H and O–H groups in total. The molecule has 1 aliphatic rings. The van der Waals surface area contributed by atoms with Gasteiger partial charge < -0.3 is 14.8 Å². The summed E-state index contributed by atoms with van der Waals surface area (Å²) in [5, 5.41) is 3.05. The number of ether oxygens (including phenoxy) is 2. The Kier molecular flexibility index (Phi) is 6.04. The summed E-state index contributed by atoms with van der Waals surface area (Å²) in [4.78, 5) is 23.9. The van der Waals surface area contributed by atoms with Crippen LogP contribution in [0.3, 0.4) is 0 Å². The Balaban J connectivity index is 1.85. The lowest BCUT2D eigenvalue weighted by Crippen LogP contribution is -2.30. The number of hydrogen-bond acceptors (Lipinski definition) is 4. The van der Waals surface area contributed by atoms with Crippen LogP contribution in [-0.2, 0) is 14.3 Å². The first-order valence-corrected chi connectivity index (χ1v) is 7.88. The molecule has 0 heterocycles. The van der Waals surface area contributed by atoms with Crippen LogP contribution in [0.5, 0.6) is 5.75 Å². The van der Waals surface area contributed by atoms with Crippen LogP contribution in [0.15, 0.2) is 30.4 Å². The molecule has 1 amide bonds. The fourth-order valence-corrected chi connectivity index (χ4v) is 2.62. The first kappa shape index (κ1) is 17.3. The van der Waals surface area contributed by atoms with Gasteiger partial charge in [-0.1, -0.05) is 23.8 Å². The lowest BCUT2D eigenvalue weighted by atomic mass is 10.1. The minimum absolute atomic E-state index is 0.221. The number of hydrogen-bond donors (Lipinski definition) is 1. The van der Waals surface area contributed by atoms with E-state index in [-0.39, 0.29) is 11.9 Å². The van der Waals surface area contributed by atoms with Gasteiger partial charge in [0.05, 0.1) is 18.6 Å². The molecule has 0 saturated carbocycles. The first-order valence-electron chi connectivity index (χ1n) is 7.50. The second-order valence-corrected chi connectivity index (χ2v) is 5.85. The highest BCUT2D eigenvalue weighted by molar-refractivity contribution is 6.32.